The van der Waals surface area contributed by atoms with Crippen LogP contribution in [0.2, 0.25) is 0 Å². The van der Waals surface area contributed by atoms with Crippen molar-refractivity contribution in [2.75, 3.05) is 6.61 Å². The predicted molar refractivity (Wildman–Crippen MR) is 69.7 cm³/mol. The second-order valence-corrected chi connectivity index (χ2v) is 4.04. The van der Waals surface area contributed by atoms with Gasteiger partial charge in [0.2, 0.25) is 5.76 Å². The molecule has 0 unspecified atom stereocenters. The van der Waals surface area contributed by atoms with Crippen LogP contribution in [0, 0.1) is 0 Å². The highest BCUT2D eigenvalue weighted by Crippen LogP contribution is 2.28. The molecule has 0 spiro atoms. The van der Waals surface area contributed by atoms with Crippen LogP contribution in [-0.2, 0) is 4.74 Å². The largest absolute Gasteiger partial charge is 0.460 e. The summed E-state index contributed by atoms with van der Waals surface area (Å²) in [5, 5.41) is 3.01. The van der Waals surface area contributed by atoms with E-state index in [-0.39, 0.29) is 5.76 Å². The van der Waals surface area contributed by atoms with Gasteiger partial charge in [0.05, 0.1) is 6.61 Å². The van der Waals surface area contributed by atoms with Gasteiger partial charge in [-0.3, -0.25) is 0 Å². The smallest absolute Gasteiger partial charge is 0.374 e. The molecule has 0 saturated carbocycles. The van der Waals surface area contributed by atoms with Gasteiger partial charge in [-0.1, -0.05) is 36.4 Å². The molecular formula is C15H12O3. The summed E-state index contributed by atoms with van der Waals surface area (Å²) in [5.41, 5.74) is 0.733. The molecule has 0 aliphatic rings. The van der Waals surface area contributed by atoms with E-state index in [4.69, 9.17) is 9.15 Å². The van der Waals surface area contributed by atoms with Crippen LogP contribution in [0.1, 0.15) is 17.5 Å². The van der Waals surface area contributed by atoms with Crippen molar-refractivity contribution < 1.29 is 13.9 Å². The molecule has 0 amide bonds. The molecule has 0 atom stereocenters. The van der Waals surface area contributed by atoms with Crippen molar-refractivity contribution in [1.82, 2.24) is 0 Å². The minimum Gasteiger partial charge on any atom is -0.460 e. The molecule has 2 aromatic carbocycles. The van der Waals surface area contributed by atoms with Crippen molar-refractivity contribution in [3.8, 4) is 0 Å². The summed E-state index contributed by atoms with van der Waals surface area (Å²) in [6.07, 6.45) is 0. The molecule has 90 valence electrons. The van der Waals surface area contributed by atoms with E-state index < -0.39 is 5.97 Å². The number of fused-ring (bicyclic) bond motifs is 3. The van der Waals surface area contributed by atoms with Crippen molar-refractivity contribution >= 4 is 27.7 Å². The lowest BCUT2D eigenvalue weighted by Gasteiger charge is -1.97. The highest BCUT2D eigenvalue weighted by atomic mass is 16.5. The number of hydrogen-bond acceptors (Lipinski definition) is 3. The summed E-state index contributed by atoms with van der Waals surface area (Å²) >= 11 is 0. The maximum atomic E-state index is 11.6. The molecule has 3 nitrogen and oxygen atoms in total. The molecule has 0 aliphatic carbocycles. The fourth-order valence-electron chi connectivity index (χ4n) is 2.07. The highest BCUT2D eigenvalue weighted by Gasteiger charge is 2.14. The first-order valence-electron chi connectivity index (χ1n) is 5.88. The summed E-state index contributed by atoms with van der Waals surface area (Å²) in [5.74, 6) is -0.166. The molecule has 0 fully saturated rings. The average molecular weight is 240 g/mol. The van der Waals surface area contributed by atoms with Crippen molar-refractivity contribution in [2.45, 2.75) is 6.92 Å². The third-order valence-corrected chi connectivity index (χ3v) is 2.89. The van der Waals surface area contributed by atoms with Gasteiger partial charge in [0.15, 0.2) is 0 Å². The maximum Gasteiger partial charge on any atom is 0.374 e. The van der Waals surface area contributed by atoms with Crippen molar-refractivity contribution in [1.29, 1.82) is 0 Å². The zero-order valence-corrected chi connectivity index (χ0v) is 9.97. The first kappa shape index (κ1) is 10.8. The molecule has 1 aromatic heterocycles. The minimum absolute atomic E-state index is 0.253. The summed E-state index contributed by atoms with van der Waals surface area (Å²) in [6, 6.07) is 13.6. The normalized spacial score (nSPS) is 10.9. The summed E-state index contributed by atoms with van der Waals surface area (Å²) in [4.78, 5) is 11.6. The van der Waals surface area contributed by atoms with Gasteiger partial charge in [-0.25, -0.2) is 4.79 Å². The third kappa shape index (κ3) is 1.64. The van der Waals surface area contributed by atoms with Crippen LogP contribution in [0.5, 0.6) is 0 Å². The molecule has 0 bridgehead atoms. The molecule has 0 radical (unpaired) electrons. The van der Waals surface area contributed by atoms with Gasteiger partial charge in [-0.05, 0) is 18.4 Å². The second-order valence-electron chi connectivity index (χ2n) is 4.04. The van der Waals surface area contributed by atoms with E-state index in [1.807, 2.05) is 36.4 Å². The molecular weight excluding hydrogens is 228 g/mol. The van der Waals surface area contributed by atoms with Crippen LogP contribution in [0.25, 0.3) is 21.7 Å². The first-order chi connectivity index (χ1) is 8.79. The number of esters is 1. The zero-order valence-electron chi connectivity index (χ0n) is 9.97. The molecule has 0 N–H and O–H groups in total. The summed E-state index contributed by atoms with van der Waals surface area (Å²) in [7, 11) is 0. The van der Waals surface area contributed by atoms with Crippen molar-refractivity contribution in [2.24, 2.45) is 0 Å². The quantitative estimate of drug-likeness (QED) is 0.640. The molecule has 3 rings (SSSR count). The predicted octanol–water partition coefficient (Wildman–Crippen LogP) is 3.76. The Balaban J connectivity index is 2.22. The topological polar surface area (TPSA) is 39.4 Å². The molecule has 1 heterocycles. The monoisotopic (exact) mass is 240 g/mol. The van der Waals surface area contributed by atoms with E-state index in [1.165, 1.54) is 0 Å². The zero-order chi connectivity index (χ0) is 12.5. The number of benzene rings is 2. The fraction of sp³-hybridized carbons (Fsp3) is 0.133. The SMILES string of the molecule is CCOC(=O)c1cc2ccc3ccccc3c2o1. The maximum absolute atomic E-state index is 11.6. The Kier molecular flexibility index (Phi) is 2.52. The highest BCUT2D eigenvalue weighted by molar-refractivity contribution is 6.06. The Labute approximate surface area is 104 Å². The second kappa shape index (κ2) is 4.18. The number of carbonyl (C=O) groups is 1. The minimum atomic E-state index is -0.419. The van der Waals surface area contributed by atoms with E-state index in [0.29, 0.717) is 6.61 Å². The van der Waals surface area contributed by atoms with Crippen molar-refractivity contribution in [3.05, 3.63) is 48.2 Å². The number of carbonyl (C=O) groups excluding carboxylic acids is 1. The van der Waals surface area contributed by atoms with Gasteiger partial charge < -0.3 is 9.15 Å². The number of hydrogen-bond donors (Lipinski definition) is 0. The number of ether oxygens (including phenoxy) is 1. The number of rotatable bonds is 2. The fourth-order valence-corrected chi connectivity index (χ4v) is 2.07. The van der Waals surface area contributed by atoms with Crippen LogP contribution in [-0.4, -0.2) is 12.6 Å². The van der Waals surface area contributed by atoms with Gasteiger partial charge in [0, 0.05) is 10.8 Å². The van der Waals surface area contributed by atoms with E-state index >= 15 is 0 Å². The van der Waals surface area contributed by atoms with Gasteiger partial charge in [-0.15, -0.1) is 0 Å². The van der Waals surface area contributed by atoms with Crippen molar-refractivity contribution in [3.63, 3.8) is 0 Å². The van der Waals surface area contributed by atoms with E-state index in [1.54, 1.807) is 13.0 Å². The van der Waals surface area contributed by atoms with Crippen LogP contribution in [0.4, 0.5) is 0 Å². The third-order valence-electron chi connectivity index (χ3n) is 2.89. The summed E-state index contributed by atoms with van der Waals surface area (Å²) < 4.78 is 10.6. The standard InChI is InChI=1S/C15H12O3/c1-2-17-15(16)13-9-11-8-7-10-5-3-4-6-12(10)14(11)18-13/h3-9H,2H2,1H3. The average Bonchev–Trinajstić information content (AvgIpc) is 2.83. The Morgan fingerprint density at radius 1 is 1.17 bits per heavy atom. The Morgan fingerprint density at radius 3 is 2.78 bits per heavy atom. The van der Waals surface area contributed by atoms with Gasteiger partial charge in [0.1, 0.15) is 5.58 Å². The Hall–Kier alpha value is -2.29. The lowest BCUT2D eigenvalue weighted by molar-refractivity contribution is 0.0493. The van der Waals surface area contributed by atoms with Crippen LogP contribution >= 0.6 is 0 Å². The lowest BCUT2D eigenvalue weighted by Crippen LogP contribution is -2.02. The molecule has 3 aromatic rings. The van der Waals surface area contributed by atoms with Crippen LogP contribution < -0.4 is 0 Å². The van der Waals surface area contributed by atoms with Gasteiger partial charge in [-0.2, -0.15) is 0 Å². The molecule has 0 aliphatic heterocycles. The van der Waals surface area contributed by atoms with Crippen LogP contribution in [0.15, 0.2) is 46.9 Å². The summed E-state index contributed by atoms with van der Waals surface area (Å²) in [6.45, 7) is 2.12. The molecule has 3 heteroatoms. The van der Waals surface area contributed by atoms with Crippen LogP contribution in [0.3, 0.4) is 0 Å². The first-order valence-corrected chi connectivity index (χ1v) is 5.88. The molecule has 0 saturated heterocycles. The molecule has 18 heavy (non-hydrogen) atoms. The van der Waals surface area contributed by atoms with E-state index in [0.717, 1.165) is 21.7 Å². The van der Waals surface area contributed by atoms with Gasteiger partial charge in [0.25, 0.3) is 0 Å². The Morgan fingerprint density at radius 2 is 1.94 bits per heavy atom. The number of furan rings is 1. The lowest BCUT2D eigenvalue weighted by atomic mass is 10.1. The van der Waals surface area contributed by atoms with Gasteiger partial charge >= 0.3 is 5.97 Å². The Bertz CT molecular complexity index is 725. The van der Waals surface area contributed by atoms with E-state index in [9.17, 15) is 4.79 Å². The van der Waals surface area contributed by atoms with E-state index in [2.05, 4.69) is 0 Å².